The first-order chi connectivity index (χ1) is 6.56. The van der Waals surface area contributed by atoms with Crippen molar-refractivity contribution in [2.75, 3.05) is 7.05 Å². The molecule has 0 fully saturated rings. The molecule has 2 unspecified atom stereocenters. The van der Waals surface area contributed by atoms with Gasteiger partial charge in [-0.1, -0.05) is 18.5 Å². The maximum Gasteiger partial charge on any atom is 0.0820 e. The Morgan fingerprint density at radius 2 is 2.21 bits per heavy atom. The van der Waals surface area contributed by atoms with Gasteiger partial charge in [-0.05, 0) is 20.4 Å². The molecule has 80 valence electrons. The third-order valence-electron chi connectivity index (χ3n) is 2.60. The fourth-order valence-electron chi connectivity index (χ4n) is 1.73. The summed E-state index contributed by atoms with van der Waals surface area (Å²) in [5.41, 5.74) is 1.12. The molecule has 2 atom stereocenters. The minimum Gasteiger partial charge on any atom is -0.317 e. The molecule has 1 N–H and O–H groups in total. The lowest BCUT2D eigenvalue weighted by atomic mass is 9.99. The average Bonchev–Trinajstić information content (AvgIpc) is 2.46. The van der Waals surface area contributed by atoms with Crippen LogP contribution in [0.15, 0.2) is 6.20 Å². The fraction of sp³-hybridized carbons (Fsp3) is 0.700. The summed E-state index contributed by atoms with van der Waals surface area (Å²) in [4.78, 5) is 0. The average molecular weight is 216 g/mol. The number of halogens is 1. The van der Waals surface area contributed by atoms with E-state index in [1.54, 1.807) is 6.20 Å². The van der Waals surface area contributed by atoms with Crippen LogP contribution in [0, 0.1) is 0 Å². The second kappa shape index (κ2) is 4.80. The van der Waals surface area contributed by atoms with E-state index in [1.807, 2.05) is 18.8 Å². The third-order valence-corrected chi connectivity index (χ3v) is 2.90. The zero-order valence-electron chi connectivity index (χ0n) is 9.21. The molecular weight excluding hydrogens is 198 g/mol. The van der Waals surface area contributed by atoms with Crippen LogP contribution in [0.4, 0.5) is 0 Å². The summed E-state index contributed by atoms with van der Waals surface area (Å²) < 4.78 is 1.86. The molecule has 1 aromatic heterocycles. The Bertz CT molecular complexity index is 276. The van der Waals surface area contributed by atoms with Gasteiger partial charge in [0.1, 0.15) is 0 Å². The van der Waals surface area contributed by atoms with Crippen LogP contribution in [0.1, 0.15) is 31.9 Å². The van der Waals surface area contributed by atoms with Gasteiger partial charge in [0.05, 0.1) is 16.9 Å². The number of nitrogens with zero attached hydrogens (tertiary/aromatic N) is 2. The van der Waals surface area contributed by atoms with E-state index in [0.29, 0.717) is 12.0 Å². The van der Waals surface area contributed by atoms with E-state index in [1.165, 1.54) is 0 Å². The van der Waals surface area contributed by atoms with Crippen LogP contribution in [-0.2, 0) is 7.05 Å². The molecule has 0 aliphatic heterocycles. The van der Waals surface area contributed by atoms with Crippen molar-refractivity contribution < 1.29 is 0 Å². The van der Waals surface area contributed by atoms with Crippen molar-refractivity contribution in [3.05, 3.63) is 16.9 Å². The Balaban J connectivity index is 2.73. The maximum atomic E-state index is 6.06. The molecule has 0 saturated heterocycles. The summed E-state index contributed by atoms with van der Waals surface area (Å²) in [7, 11) is 3.91. The lowest BCUT2D eigenvalue weighted by Crippen LogP contribution is -2.23. The highest BCUT2D eigenvalue weighted by Crippen LogP contribution is 2.26. The Morgan fingerprint density at radius 1 is 1.57 bits per heavy atom. The second-order valence-corrected chi connectivity index (χ2v) is 4.24. The zero-order chi connectivity index (χ0) is 10.7. The highest BCUT2D eigenvalue weighted by molar-refractivity contribution is 6.31. The van der Waals surface area contributed by atoms with Crippen molar-refractivity contribution in [2.24, 2.45) is 7.05 Å². The van der Waals surface area contributed by atoms with Crippen molar-refractivity contribution in [1.82, 2.24) is 15.1 Å². The summed E-state index contributed by atoms with van der Waals surface area (Å²) in [6.45, 7) is 4.34. The second-order valence-electron chi connectivity index (χ2n) is 3.83. The quantitative estimate of drug-likeness (QED) is 0.835. The van der Waals surface area contributed by atoms with Gasteiger partial charge in [0, 0.05) is 19.0 Å². The van der Waals surface area contributed by atoms with E-state index in [0.717, 1.165) is 17.1 Å². The number of aromatic nitrogens is 2. The van der Waals surface area contributed by atoms with Crippen LogP contribution >= 0.6 is 11.6 Å². The number of nitrogens with one attached hydrogen (secondary N) is 1. The van der Waals surface area contributed by atoms with E-state index in [2.05, 4.69) is 24.3 Å². The fourth-order valence-corrected chi connectivity index (χ4v) is 2.09. The maximum absolute atomic E-state index is 6.06. The van der Waals surface area contributed by atoms with Crippen LogP contribution < -0.4 is 5.32 Å². The Morgan fingerprint density at radius 3 is 2.64 bits per heavy atom. The molecule has 1 heterocycles. The largest absolute Gasteiger partial charge is 0.317 e. The molecule has 0 aliphatic carbocycles. The summed E-state index contributed by atoms with van der Waals surface area (Å²) in [6, 6.07) is 0.496. The van der Waals surface area contributed by atoms with Gasteiger partial charge in [-0.15, -0.1) is 0 Å². The molecule has 0 amide bonds. The highest BCUT2D eigenvalue weighted by Gasteiger charge is 2.16. The van der Waals surface area contributed by atoms with Crippen LogP contribution in [0.5, 0.6) is 0 Å². The van der Waals surface area contributed by atoms with Crippen LogP contribution in [0.3, 0.4) is 0 Å². The molecule has 14 heavy (non-hydrogen) atoms. The molecule has 0 aromatic carbocycles. The van der Waals surface area contributed by atoms with Crippen molar-refractivity contribution in [3.63, 3.8) is 0 Å². The van der Waals surface area contributed by atoms with E-state index in [4.69, 9.17) is 11.6 Å². The molecule has 0 aliphatic rings. The van der Waals surface area contributed by atoms with Crippen LogP contribution in [0.25, 0.3) is 0 Å². The van der Waals surface area contributed by atoms with Crippen molar-refractivity contribution in [1.29, 1.82) is 0 Å². The molecule has 0 radical (unpaired) electrons. The topological polar surface area (TPSA) is 29.9 Å². The highest BCUT2D eigenvalue weighted by atomic mass is 35.5. The minimum atomic E-state index is 0.428. The summed E-state index contributed by atoms with van der Waals surface area (Å²) in [5.74, 6) is 0.428. The molecule has 3 nitrogen and oxygen atoms in total. The monoisotopic (exact) mass is 215 g/mol. The number of rotatable bonds is 4. The molecule has 1 rings (SSSR count). The smallest absolute Gasteiger partial charge is 0.0820 e. The van der Waals surface area contributed by atoms with Crippen LogP contribution in [-0.4, -0.2) is 22.9 Å². The van der Waals surface area contributed by atoms with Gasteiger partial charge < -0.3 is 5.32 Å². The van der Waals surface area contributed by atoms with Gasteiger partial charge in [0.2, 0.25) is 0 Å². The van der Waals surface area contributed by atoms with Gasteiger partial charge in [-0.2, -0.15) is 5.10 Å². The molecule has 4 heteroatoms. The molecular formula is C10H18ClN3. The van der Waals surface area contributed by atoms with E-state index in [-0.39, 0.29) is 0 Å². The molecule has 0 bridgehead atoms. The third kappa shape index (κ3) is 2.49. The Hall–Kier alpha value is -0.540. The van der Waals surface area contributed by atoms with Gasteiger partial charge in [0.25, 0.3) is 0 Å². The Labute approximate surface area is 90.4 Å². The molecule has 0 spiro atoms. The standard InChI is InChI=1S/C10H18ClN3/c1-7(5-8(2)12-3)10-9(11)6-13-14(10)4/h6-8,12H,5H2,1-4H3. The SMILES string of the molecule is CNC(C)CC(C)c1c(Cl)cnn1C. The summed E-state index contributed by atoms with van der Waals surface area (Å²) >= 11 is 6.06. The number of hydrogen-bond acceptors (Lipinski definition) is 2. The van der Waals surface area contributed by atoms with Crippen molar-refractivity contribution in [3.8, 4) is 0 Å². The Kier molecular flexibility index (Phi) is 3.96. The predicted molar refractivity (Wildman–Crippen MR) is 59.8 cm³/mol. The van der Waals surface area contributed by atoms with Gasteiger partial charge in [-0.3, -0.25) is 4.68 Å². The van der Waals surface area contributed by atoms with E-state index < -0.39 is 0 Å². The zero-order valence-corrected chi connectivity index (χ0v) is 9.97. The van der Waals surface area contributed by atoms with E-state index >= 15 is 0 Å². The van der Waals surface area contributed by atoms with Crippen molar-refractivity contribution in [2.45, 2.75) is 32.2 Å². The van der Waals surface area contributed by atoms with E-state index in [9.17, 15) is 0 Å². The van der Waals surface area contributed by atoms with Crippen molar-refractivity contribution >= 4 is 11.6 Å². The minimum absolute atomic E-state index is 0.428. The number of aryl methyl sites for hydroxylation is 1. The van der Waals surface area contributed by atoms with Gasteiger partial charge in [0.15, 0.2) is 0 Å². The lowest BCUT2D eigenvalue weighted by molar-refractivity contribution is 0.496. The summed E-state index contributed by atoms with van der Waals surface area (Å²) in [5, 5.41) is 8.13. The van der Waals surface area contributed by atoms with Gasteiger partial charge in [-0.25, -0.2) is 0 Å². The first-order valence-electron chi connectivity index (χ1n) is 4.91. The summed E-state index contributed by atoms with van der Waals surface area (Å²) in [6.07, 6.45) is 2.77. The normalized spacial score (nSPS) is 15.5. The molecule has 1 aromatic rings. The lowest BCUT2D eigenvalue weighted by Gasteiger charge is -2.17. The number of hydrogen-bond donors (Lipinski definition) is 1. The first-order valence-corrected chi connectivity index (χ1v) is 5.28. The first kappa shape index (κ1) is 11.5. The predicted octanol–water partition coefficient (Wildman–Crippen LogP) is 2.17. The molecule has 0 saturated carbocycles. The van der Waals surface area contributed by atoms with Gasteiger partial charge >= 0.3 is 0 Å². The van der Waals surface area contributed by atoms with Crippen LogP contribution in [0.2, 0.25) is 5.02 Å².